The van der Waals surface area contributed by atoms with Crippen molar-refractivity contribution in [1.82, 2.24) is 4.98 Å². The molecule has 1 aliphatic carbocycles. The average molecular weight is 452 g/mol. The van der Waals surface area contributed by atoms with Gasteiger partial charge in [-0.25, -0.2) is 0 Å². The fourth-order valence-electron chi connectivity index (χ4n) is 3.77. The summed E-state index contributed by atoms with van der Waals surface area (Å²) < 4.78 is 12.1. The largest absolute Gasteiger partial charge is 0.488 e. The molecular formula is C27H33NO3S. The lowest BCUT2D eigenvalue weighted by Gasteiger charge is -2.24. The van der Waals surface area contributed by atoms with Gasteiger partial charge in [0.05, 0.1) is 18.1 Å². The second kappa shape index (κ2) is 12.5. The molecule has 0 fully saturated rings. The molecule has 2 aromatic rings. The number of Topliss-reactive ketones (excluding diaryl/α,β-unsaturated/α-hetero) is 1. The van der Waals surface area contributed by atoms with E-state index in [0.29, 0.717) is 29.4 Å². The molecular weight excluding hydrogens is 418 g/mol. The van der Waals surface area contributed by atoms with Crippen LogP contribution in [-0.4, -0.2) is 28.8 Å². The maximum absolute atomic E-state index is 13.5. The molecule has 4 nitrogen and oxygen atoms in total. The Bertz CT molecular complexity index is 953. The van der Waals surface area contributed by atoms with E-state index in [4.69, 9.17) is 21.7 Å². The second-order valence-electron chi connectivity index (χ2n) is 8.13. The van der Waals surface area contributed by atoms with Crippen molar-refractivity contribution >= 4 is 22.9 Å². The molecule has 0 unspecified atom stereocenters. The van der Waals surface area contributed by atoms with Gasteiger partial charge in [-0.15, -0.1) is 0 Å². The Balaban J connectivity index is 1.85. The van der Waals surface area contributed by atoms with E-state index in [0.717, 1.165) is 55.2 Å². The van der Waals surface area contributed by atoms with Crippen LogP contribution in [0.1, 0.15) is 81.1 Å². The van der Waals surface area contributed by atoms with Gasteiger partial charge in [-0.1, -0.05) is 76.7 Å². The van der Waals surface area contributed by atoms with Gasteiger partial charge < -0.3 is 9.47 Å². The number of pyridine rings is 1. The molecule has 1 heterocycles. The first kappa shape index (κ1) is 24.1. The number of fused-ring (bicyclic) bond motifs is 1. The van der Waals surface area contributed by atoms with E-state index < -0.39 is 0 Å². The zero-order valence-corrected chi connectivity index (χ0v) is 20.0. The van der Waals surface area contributed by atoms with Crippen LogP contribution >= 0.6 is 12.2 Å². The highest BCUT2D eigenvalue weighted by atomic mass is 32.1. The maximum atomic E-state index is 13.5. The van der Waals surface area contributed by atoms with Gasteiger partial charge in [0, 0.05) is 23.5 Å². The number of nitrogens with zero attached hydrogens (tertiary/aromatic N) is 1. The van der Waals surface area contributed by atoms with Gasteiger partial charge in [0.2, 0.25) is 11.5 Å². The van der Waals surface area contributed by atoms with Crippen LogP contribution < -0.4 is 0 Å². The van der Waals surface area contributed by atoms with E-state index in [1.165, 1.54) is 12.8 Å². The predicted octanol–water partition coefficient (Wildman–Crippen LogP) is 7.07. The highest BCUT2D eigenvalue weighted by Gasteiger charge is 2.33. The molecule has 0 radical (unpaired) electrons. The molecule has 0 saturated heterocycles. The molecule has 0 saturated carbocycles. The third-order valence-electron chi connectivity index (χ3n) is 5.63. The number of hydrogen-bond donors (Lipinski definition) is 0. The van der Waals surface area contributed by atoms with Crippen LogP contribution in [0.4, 0.5) is 0 Å². The number of thiocarbonyl (C=S) groups is 1. The first-order valence-corrected chi connectivity index (χ1v) is 12.2. The summed E-state index contributed by atoms with van der Waals surface area (Å²) in [6, 6.07) is 9.67. The van der Waals surface area contributed by atoms with Crippen LogP contribution in [-0.2, 0) is 9.47 Å². The summed E-state index contributed by atoms with van der Waals surface area (Å²) in [4.78, 5) is 18.1. The molecule has 0 bridgehead atoms. The van der Waals surface area contributed by atoms with Gasteiger partial charge in [0.15, 0.2) is 5.76 Å². The fraction of sp³-hybridized carbons (Fsp3) is 0.444. The summed E-state index contributed by atoms with van der Waals surface area (Å²) >= 11 is 5.77. The second-order valence-corrected chi connectivity index (χ2v) is 8.54. The average Bonchev–Trinajstić information content (AvgIpc) is 2.83. The highest BCUT2D eigenvalue weighted by molar-refractivity contribution is 7.81. The number of carbonyl (C=O) groups excluding carboxylic acids is 1. The van der Waals surface area contributed by atoms with Gasteiger partial charge >= 0.3 is 0 Å². The van der Waals surface area contributed by atoms with Crippen LogP contribution in [0.15, 0.2) is 54.2 Å². The van der Waals surface area contributed by atoms with Crippen molar-refractivity contribution in [2.45, 2.75) is 65.2 Å². The lowest BCUT2D eigenvalue weighted by Crippen LogP contribution is -2.25. The Labute approximate surface area is 197 Å². The van der Waals surface area contributed by atoms with Gasteiger partial charge in [0.1, 0.15) is 0 Å². The van der Waals surface area contributed by atoms with E-state index >= 15 is 0 Å². The van der Waals surface area contributed by atoms with Crippen molar-refractivity contribution in [3.8, 4) is 11.1 Å². The summed E-state index contributed by atoms with van der Waals surface area (Å²) in [5, 5.41) is 0. The quantitative estimate of drug-likeness (QED) is 0.241. The Morgan fingerprint density at radius 1 is 0.750 bits per heavy atom. The Hall–Kier alpha value is -2.53. The topological polar surface area (TPSA) is 48.4 Å². The zero-order valence-electron chi connectivity index (χ0n) is 19.2. The van der Waals surface area contributed by atoms with Crippen molar-refractivity contribution < 1.29 is 14.3 Å². The van der Waals surface area contributed by atoms with E-state index in [2.05, 4.69) is 18.8 Å². The summed E-state index contributed by atoms with van der Waals surface area (Å²) in [6.07, 6.45) is 12.2. The molecule has 0 N–H and O–H groups in total. The number of ketones is 1. The smallest absolute Gasteiger partial charge is 0.232 e. The van der Waals surface area contributed by atoms with E-state index in [1.807, 2.05) is 30.3 Å². The number of hydrogen-bond acceptors (Lipinski definition) is 5. The maximum Gasteiger partial charge on any atom is 0.232 e. The molecule has 1 aromatic heterocycles. The minimum absolute atomic E-state index is 0.149. The van der Waals surface area contributed by atoms with E-state index in [-0.39, 0.29) is 11.5 Å². The number of allylic oxidation sites excluding steroid dienone is 2. The molecule has 1 aromatic carbocycles. The van der Waals surface area contributed by atoms with Crippen molar-refractivity contribution in [3.63, 3.8) is 0 Å². The molecule has 0 atom stereocenters. The van der Waals surface area contributed by atoms with Crippen LogP contribution in [0.25, 0.3) is 11.1 Å². The minimum atomic E-state index is -0.149. The van der Waals surface area contributed by atoms with Crippen molar-refractivity contribution in [3.05, 3.63) is 65.4 Å². The number of carbonyl (C=O) groups is 1. The minimum Gasteiger partial charge on any atom is -0.488 e. The van der Waals surface area contributed by atoms with Crippen LogP contribution in [0.5, 0.6) is 0 Å². The number of benzene rings is 1. The zero-order chi connectivity index (χ0) is 22.8. The highest BCUT2D eigenvalue weighted by Crippen LogP contribution is 2.32. The molecule has 5 heteroatoms. The first-order valence-electron chi connectivity index (χ1n) is 11.8. The Morgan fingerprint density at radius 2 is 1.38 bits per heavy atom. The molecule has 3 rings (SSSR count). The first-order chi connectivity index (χ1) is 15.7. The lowest BCUT2D eigenvalue weighted by atomic mass is 9.90. The summed E-state index contributed by atoms with van der Waals surface area (Å²) in [5.74, 6) is 0.547. The Kier molecular flexibility index (Phi) is 9.42. The molecule has 1 aliphatic rings. The van der Waals surface area contributed by atoms with E-state index in [9.17, 15) is 4.79 Å². The normalized spacial score (nSPS) is 13.3. The van der Waals surface area contributed by atoms with Gasteiger partial charge in [0.25, 0.3) is 0 Å². The molecule has 0 spiro atoms. The lowest BCUT2D eigenvalue weighted by molar-refractivity contribution is 0.0868. The SMILES string of the molecule is CCCCCCOC1=C(OCCCCCC)C(=S)c2ccc(-c3ccncc3)cc2C1=O. The molecule has 0 aliphatic heterocycles. The fourth-order valence-corrected chi connectivity index (χ4v) is 4.10. The van der Waals surface area contributed by atoms with Crippen molar-refractivity contribution in [2.24, 2.45) is 0 Å². The molecule has 32 heavy (non-hydrogen) atoms. The van der Waals surface area contributed by atoms with Gasteiger partial charge in [-0.05, 0) is 42.2 Å². The molecule has 170 valence electrons. The monoisotopic (exact) mass is 451 g/mol. The standard InChI is InChI=1S/C27H33NO3S/c1-3-5-7-9-17-30-25-24(29)23-19-21(20-13-15-28-16-14-20)11-12-22(23)27(32)26(25)31-18-10-8-6-4-2/h11-16,19H,3-10,17-18H2,1-2H3. The third-order valence-corrected chi connectivity index (χ3v) is 6.04. The van der Waals surface area contributed by atoms with Gasteiger partial charge in [-0.3, -0.25) is 9.78 Å². The van der Waals surface area contributed by atoms with Crippen LogP contribution in [0.2, 0.25) is 0 Å². The summed E-state index contributed by atoms with van der Waals surface area (Å²) in [6.45, 7) is 5.38. The van der Waals surface area contributed by atoms with Crippen molar-refractivity contribution in [1.29, 1.82) is 0 Å². The third kappa shape index (κ3) is 6.04. The number of ether oxygens (including phenoxy) is 2. The number of rotatable bonds is 13. The van der Waals surface area contributed by atoms with Crippen LogP contribution in [0.3, 0.4) is 0 Å². The Morgan fingerprint density at radius 3 is 2.00 bits per heavy atom. The van der Waals surface area contributed by atoms with Gasteiger partial charge in [-0.2, -0.15) is 0 Å². The summed E-state index contributed by atoms with van der Waals surface area (Å²) in [5.41, 5.74) is 3.27. The van der Waals surface area contributed by atoms with Crippen LogP contribution in [0, 0.1) is 0 Å². The predicted molar refractivity (Wildman–Crippen MR) is 133 cm³/mol. The van der Waals surface area contributed by atoms with E-state index in [1.54, 1.807) is 12.4 Å². The summed E-state index contributed by atoms with van der Waals surface area (Å²) in [7, 11) is 0. The number of aromatic nitrogens is 1. The molecule has 0 amide bonds. The van der Waals surface area contributed by atoms with Crippen molar-refractivity contribution in [2.75, 3.05) is 13.2 Å². The number of unbranched alkanes of at least 4 members (excludes halogenated alkanes) is 6.